The highest BCUT2D eigenvalue weighted by Gasteiger charge is 2.09. The summed E-state index contributed by atoms with van der Waals surface area (Å²) < 4.78 is 37.6. The van der Waals surface area contributed by atoms with Gasteiger partial charge in [0.15, 0.2) is 11.6 Å². The van der Waals surface area contributed by atoms with Gasteiger partial charge in [-0.2, -0.15) is 0 Å². The molecule has 0 aliphatic heterocycles. The molecule has 0 spiro atoms. The maximum absolute atomic E-state index is 12.8. The largest absolute Gasteiger partial charge is 0.327 e. The second-order valence-electron chi connectivity index (χ2n) is 2.38. The van der Waals surface area contributed by atoms with Gasteiger partial charge in [0.1, 0.15) is 6.17 Å². The molecule has 1 rings (SSSR count). The normalized spacial score (nSPS) is 12.0. The van der Waals surface area contributed by atoms with Crippen LogP contribution in [0.15, 0.2) is 18.2 Å². The van der Waals surface area contributed by atoms with Crippen molar-refractivity contribution in [1.29, 1.82) is 0 Å². The van der Waals surface area contributed by atoms with Crippen molar-refractivity contribution in [2.24, 2.45) is 5.73 Å². The number of hydrogen-bond acceptors (Lipinski definition) is 1. The van der Waals surface area contributed by atoms with Crippen LogP contribution in [0, 0.1) is 11.6 Å². The van der Waals surface area contributed by atoms with E-state index in [1.807, 2.05) is 0 Å². The average Bonchev–Trinajstić information content (AvgIpc) is 2.08. The predicted molar refractivity (Wildman–Crippen MR) is 46.5 cm³/mol. The number of rotatable bonds is 2. The maximum Gasteiger partial charge on any atom is 0.159 e. The lowest BCUT2D eigenvalue weighted by Crippen LogP contribution is -2.08. The average molecular weight is 212 g/mol. The molecular weight excluding hydrogens is 203 g/mol. The quantitative estimate of drug-likeness (QED) is 0.799. The summed E-state index contributed by atoms with van der Waals surface area (Å²) in [6.07, 6.45) is -1.43. The molecule has 1 unspecified atom stereocenters. The summed E-state index contributed by atoms with van der Waals surface area (Å²) in [5.41, 5.74) is 5.07. The summed E-state index contributed by atoms with van der Waals surface area (Å²) in [5, 5.41) is 0. The number of hydrogen-bond donors (Lipinski definition) is 1. The van der Waals surface area contributed by atoms with E-state index in [9.17, 15) is 13.2 Å². The van der Waals surface area contributed by atoms with Crippen LogP contribution in [-0.4, -0.2) is 6.54 Å². The van der Waals surface area contributed by atoms with E-state index in [1.54, 1.807) is 0 Å². The van der Waals surface area contributed by atoms with Gasteiger partial charge in [-0.25, -0.2) is 13.2 Å². The minimum atomic E-state index is -1.43. The minimum absolute atomic E-state index is 0. The van der Waals surface area contributed by atoms with Crippen molar-refractivity contribution >= 4 is 12.4 Å². The molecular formula is C8H9ClF3N. The molecule has 1 aromatic rings. The minimum Gasteiger partial charge on any atom is -0.327 e. The fourth-order valence-corrected chi connectivity index (χ4v) is 0.843. The molecule has 2 N–H and O–H groups in total. The number of nitrogens with two attached hydrogens (primary N) is 1. The van der Waals surface area contributed by atoms with Crippen LogP contribution in [0.3, 0.4) is 0 Å². The summed E-state index contributed by atoms with van der Waals surface area (Å²) in [4.78, 5) is 0. The molecule has 0 aromatic heterocycles. The van der Waals surface area contributed by atoms with Crippen molar-refractivity contribution in [3.63, 3.8) is 0 Å². The fourth-order valence-electron chi connectivity index (χ4n) is 0.843. The summed E-state index contributed by atoms with van der Waals surface area (Å²) in [7, 11) is 0. The van der Waals surface area contributed by atoms with Crippen molar-refractivity contribution in [1.82, 2.24) is 0 Å². The van der Waals surface area contributed by atoms with Crippen molar-refractivity contribution in [2.75, 3.05) is 6.54 Å². The molecule has 0 aliphatic carbocycles. The number of benzene rings is 1. The van der Waals surface area contributed by atoms with Crippen LogP contribution < -0.4 is 5.73 Å². The Labute approximate surface area is 80.2 Å². The standard InChI is InChI=1S/C8H8F3N.ClH/c9-6-2-1-5(3-7(6)10)8(11)4-12;/h1-3,8H,4,12H2;1H. The Morgan fingerprint density at radius 1 is 1.23 bits per heavy atom. The molecule has 0 fully saturated rings. The van der Waals surface area contributed by atoms with Gasteiger partial charge in [0.2, 0.25) is 0 Å². The van der Waals surface area contributed by atoms with Gasteiger partial charge in [-0.1, -0.05) is 6.07 Å². The Kier molecular flexibility index (Phi) is 4.80. The van der Waals surface area contributed by atoms with Crippen LogP contribution >= 0.6 is 12.4 Å². The van der Waals surface area contributed by atoms with E-state index in [4.69, 9.17) is 5.73 Å². The molecule has 0 heterocycles. The molecule has 0 saturated heterocycles. The Morgan fingerprint density at radius 3 is 2.31 bits per heavy atom. The van der Waals surface area contributed by atoms with Crippen molar-refractivity contribution in [3.8, 4) is 0 Å². The number of alkyl halides is 1. The molecule has 1 atom stereocenters. The van der Waals surface area contributed by atoms with Gasteiger partial charge in [0.25, 0.3) is 0 Å². The Hall–Kier alpha value is -0.740. The Morgan fingerprint density at radius 2 is 1.85 bits per heavy atom. The number of halogens is 4. The van der Waals surface area contributed by atoms with Crippen molar-refractivity contribution in [2.45, 2.75) is 6.17 Å². The molecule has 74 valence electrons. The third-order valence-electron chi connectivity index (χ3n) is 1.51. The van der Waals surface area contributed by atoms with Crippen LogP contribution in [0.25, 0.3) is 0 Å². The molecule has 0 bridgehead atoms. The maximum atomic E-state index is 12.8. The van der Waals surface area contributed by atoms with Crippen molar-refractivity contribution in [3.05, 3.63) is 35.4 Å². The highest BCUT2D eigenvalue weighted by molar-refractivity contribution is 5.85. The highest BCUT2D eigenvalue weighted by Crippen LogP contribution is 2.18. The van der Waals surface area contributed by atoms with Crippen LogP contribution in [-0.2, 0) is 0 Å². The van der Waals surface area contributed by atoms with Gasteiger partial charge >= 0.3 is 0 Å². The Balaban J connectivity index is 0.00000144. The van der Waals surface area contributed by atoms with E-state index < -0.39 is 17.8 Å². The van der Waals surface area contributed by atoms with Gasteiger partial charge in [0.05, 0.1) is 0 Å². The second kappa shape index (κ2) is 5.09. The van der Waals surface area contributed by atoms with Gasteiger partial charge in [-0.3, -0.25) is 0 Å². The van der Waals surface area contributed by atoms with Crippen LogP contribution in [0.5, 0.6) is 0 Å². The predicted octanol–water partition coefficient (Wildman–Crippen LogP) is 2.36. The van der Waals surface area contributed by atoms with Gasteiger partial charge in [-0.05, 0) is 17.7 Å². The lowest BCUT2D eigenvalue weighted by molar-refractivity contribution is 0.350. The van der Waals surface area contributed by atoms with Crippen LogP contribution in [0.2, 0.25) is 0 Å². The van der Waals surface area contributed by atoms with Gasteiger partial charge in [-0.15, -0.1) is 12.4 Å². The third-order valence-corrected chi connectivity index (χ3v) is 1.51. The molecule has 1 aromatic carbocycles. The van der Waals surface area contributed by atoms with E-state index in [0.29, 0.717) is 0 Å². The van der Waals surface area contributed by atoms with Gasteiger partial charge < -0.3 is 5.73 Å². The zero-order valence-electron chi connectivity index (χ0n) is 6.64. The Bertz CT molecular complexity index is 280. The second-order valence-corrected chi connectivity index (χ2v) is 2.38. The molecule has 0 aliphatic rings. The lowest BCUT2D eigenvalue weighted by atomic mass is 10.1. The zero-order chi connectivity index (χ0) is 9.14. The van der Waals surface area contributed by atoms with E-state index in [1.165, 1.54) is 6.07 Å². The van der Waals surface area contributed by atoms with Gasteiger partial charge in [0, 0.05) is 6.54 Å². The monoisotopic (exact) mass is 211 g/mol. The molecule has 13 heavy (non-hydrogen) atoms. The van der Waals surface area contributed by atoms with E-state index in [2.05, 4.69) is 0 Å². The summed E-state index contributed by atoms with van der Waals surface area (Å²) in [6.45, 7) is -0.231. The van der Waals surface area contributed by atoms with Crippen molar-refractivity contribution < 1.29 is 13.2 Å². The fraction of sp³-hybridized carbons (Fsp3) is 0.250. The first kappa shape index (κ1) is 12.3. The smallest absolute Gasteiger partial charge is 0.159 e. The van der Waals surface area contributed by atoms with E-state index in [-0.39, 0.29) is 24.5 Å². The molecule has 1 nitrogen and oxygen atoms in total. The summed E-state index contributed by atoms with van der Waals surface area (Å²) in [5.74, 6) is -2.04. The third kappa shape index (κ3) is 2.90. The first-order valence-electron chi connectivity index (χ1n) is 3.44. The summed E-state index contributed by atoms with van der Waals surface area (Å²) >= 11 is 0. The molecule has 0 amide bonds. The van der Waals surface area contributed by atoms with Crippen LogP contribution in [0.1, 0.15) is 11.7 Å². The highest BCUT2D eigenvalue weighted by atomic mass is 35.5. The lowest BCUT2D eigenvalue weighted by Gasteiger charge is -2.04. The molecule has 0 saturated carbocycles. The molecule has 0 radical (unpaired) electrons. The zero-order valence-corrected chi connectivity index (χ0v) is 7.45. The topological polar surface area (TPSA) is 26.0 Å². The van der Waals surface area contributed by atoms with E-state index in [0.717, 1.165) is 12.1 Å². The first-order valence-corrected chi connectivity index (χ1v) is 3.44. The van der Waals surface area contributed by atoms with Crippen LogP contribution in [0.4, 0.5) is 13.2 Å². The first-order chi connectivity index (χ1) is 5.65. The molecule has 5 heteroatoms. The van der Waals surface area contributed by atoms with E-state index >= 15 is 0 Å². The summed E-state index contributed by atoms with van der Waals surface area (Å²) in [6, 6.07) is 2.87. The SMILES string of the molecule is Cl.NCC(F)c1ccc(F)c(F)c1.